The van der Waals surface area contributed by atoms with Crippen molar-refractivity contribution in [2.45, 2.75) is 51.5 Å². The smallest absolute Gasteiger partial charge is 0.219 e. The summed E-state index contributed by atoms with van der Waals surface area (Å²) in [5.74, 6) is 1.95. The number of benzene rings is 1. The van der Waals surface area contributed by atoms with Crippen molar-refractivity contribution in [1.82, 2.24) is 24.8 Å². The number of carbonyl (C=O) groups is 2. The Morgan fingerprint density at radius 3 is 2.89 bits per heavy atom. The fourth-order valence-corrected chi connectivity index (χ4v) is 4.74. The van der Waals surface area contributed by atoms with Crippen molar-refractivity contribution in [2.75, 3.05) is 31.5 Å². The standard InChI is InChI=1S/C27H32N6O5/c1-18(34)33-12-21(13-33)31-27-9-25(29-16-30-27)26(36)5-3-22(35)14-32-7-6-19-8-23(4-2-20(19)11-32)37-15-24-10-28-17-38-24/h2,4,8-10,16-17,21-22,35H,3,5-7,11-15H2,1H3,(H,29,30,31)/t22-/m0/s1. The maximum absolute atomic E-state index is 12.7. The molecule has 3 aromatic rings. The summed E-state index contributed by atoms with van der Waals surface area (Å²) in [6.45, 7) is 5.19. The molecule has 1 amide bonds. The average Bonchev–Trinajstić information content (AvgIpc) is 3.41. The highest BCUT2D eigenvalue weighted by molar-refractivity contribution is 5.94. The van der Waals surface area contributed by atoms with E-state index in [4.69, 9.17) is 9.15 Å². The fourth-order valence-electron chi connectivity index (χ4n) is 4.74. The molecule has 38 heavy (non-hydrogen) atoms. The number of amides is 1. The van der Waals surface area contributed by atoms with Crippen molar-refractivity contribution < 1.29 is 23.8 Å². The van der Waals surface area contributed by atoms with Crippen LogP contribution in [0.15, 0.2) is 47.6 Å². The second-order valence-corrected chi connectivity index (χ2v) is 9.84. The summed E-state index contributed by atoms with van der Waals surface area (Å²) < 4.78 is 11.0. The van der Waals surface area contributed by atoms with Gasteiger partial charge in [0.25, 0.3) is 0 Å². The lowest BCUT2D eigenvalue weighted by Crippen LogP contribution is -2.56. The van der Waals surface area contributed by atoms with Crippen LogP contribution in [0.3, 0.4) is 0 Å². The van der Waals surface area contributed by atoms with Crippen LogP contribution >= 0.6 is 0 Å². The topological polar surface area (TPSA) is 134 Å². The average molecular weight is 521 g/mol. The highest BCUT2D eigenvalue weighted by Crippen LogP contribution is 2.25. The molecule has 2 aromatic heterocycles. The number of nitrogens with one attached hydrogen (secondary N) is 1. The van der Waals surface area contributed by atoms with Gasteiger partial charge in [0.05, 0.1) is 18.3 Å². The number of β-amino-alcohol motifs (C(OH)–C–C–N with tert-alkyl or cyclic N) is 1. The van der Waals surface area contributed by atoms with Crippen molar-refractivity contribution in [2.24, 2.45) is 0 Å². The number of aliphatic hydroxyl groups is 1. The maximum atomic E-state index is 12.7. The molecule has 0 radical (unpaired) electrons. The predicted octanol–water partition coefficient (Wildman–Crippen LogP) is 2.07. The van der Waals surface area contributed by atoms with E-state index < -0.39 is 6.10 Å². The van der Waals surface area contributed by atoms with Gasteiger partial charge in [-0.3, -0.25) is 14.5 Å². The van der Waals surface area contributed by atoms with Crippen LogP contribution in [0.5, 0.6) is 5.75 Å². The number of Topliss-reactive ketones (excluding diaryl/α,β-unsaturated/α-hetero) is 1. The largest absolute Gasteiger partial charge is 0.486 e. The van der Waals surface area contributed by atoms with Gasteiger partial charge < -0.3 is 24.5 Å². The molecule has 200 valence electrons. The maximum Gasteiger partial charge on any atom is 0.219 e. The number of likely N-dealkylation sites (tertiary alicyclic amines) is 1. The number of ketones is 1. The molecule has 5 rings (SSSR count). The van der Waals surface area contributed by atoms with Crippen LogP contribution < -0.4 is 10.1 Å². The Hall–Kier alpha value is -3.83. The minimum atomic E-state index is -0.614. The first kappa shape index (κ1) is 25.8. The molecule has 0 aliphatic carbocycles. The first-order valence-electron chi connectivity index (χ1n) is 12.8. The second kappa shape index (κ2) is 11.7. The monoisotopic (exact) mass is 520 g/mol. The van der Waals surface area contributed by atoms with Crippen molar-refractivity contribution in [3.63, 3.8) is 0 Å². The number of ether oxygens (including phenoxy) is 1. The summed E-state index contributed by atoms with van der Waals surface area (Å²) in [7, 11) is 0. The highest BCUT2D eigenvalue weighted by atomic mass is 16.5. The molecule has 0 unspecified atom stereocenters. The zero-order valence-electron chi connectivity index (χ0n) is 21.4. The number of oxazole rings is 1. The van der Waals surface area contributed by atoms with E-state index in [1.165, 1.54) is 23.8 Å². The van der Waals surface area contributed by atoms with Gasteiger partial charge in [-0.1, -0.05) is 6.07 Å². The van der Waals surface area contributed by atoms with Crippen LogP contribution in [0, 0.1) is 0 Å². The van der Waals surface area contributed by atoms with Gasteiger partial charge in [0.1, 0.15) is 30.2 Å². The van der Waals surface area contributed by atoms with Crippen LogP contribution in [0.1, 0.15) is 47.1 Å². The number of nitrogens with zero attached hydrogens (tertiary/aromatic N) is 5. The molecule has 1 fully saturated rings. The minimum absolute atomic E-state index is 0.0489. The van der Waals surface area contributed by atoms with Crippen molar-refractivity contribution in [1.29, 1.82) is 0 Å². The lowest BCUT2D eigenvalue weighted by atomic mass is 9.98. The van der Waals surface area contributed by atoms with E-state index >= 15 is 0 Å². The van der Waals surface area contributed by atoms with Crippen molar-refractivity contribution in [3.8, 4) is 5.75 Å². The van der Waals surface area contributed by atoms with Gasteiger partial charge in [0.15, 0.2) is 17.9 Å². The number of fused-ring (bicyclic) bond motifs is 1. The van der Waals surface area contributed by atoms with Crippen LogP contribution in [0.25, 0.3) is 0 Å². The SMILES string of the molecule is CC(=O)N1CC(Nc2cc(C(=O)CC[C@H](O)CN3CCc4cc(OCc5cnco5)ccc4C3)ncn2)C1. The van der Waals surface area contributed by atoms with E-state index in [2.05, 4.69) is 37.3 Å². The molecule has 11 heteroatoms. The molecule has 0 spiro atoms. The molecule has 1 saturated heterocycles. The Balaban J connectivity index is 1.05. The number of carbonyl (C=O) groups excluding carboxylic acids is 2. The van der Waals surface area contributed by atoms with E-state index in [-0.39, 0.29) is 24.2 Å². The van der Waals surface area contributed by atoms with Crippen LogP contribution in [-0.2, 0) is 24.4 Å². The molecule has 4 heterocycles. The molecule has 1 aromatic carbocycles. The van der Waals surface area contributed by atoms with Gasteiger partial charge in [-0.05, 0) is 36.1 Å². The zero-order valence-corrected chi connectivity index (χ0v) is 21.4. The third kappa shape index (κ3) is 6.53. The summed E-state index contributed by atoms with van der Waals surface area (Å²) in [5, 5.41) is 13.9. The molecule has 0 bridgehead atoms. The number of hydrogen-bond acceptors (Lipinski definition) is 10. The molecular formula is C27H32N6O5. The van der Waals surface area contributed by atoms with E-state index in [1.807, 2.05) is 6.07 Å². The third-order valence-corrected chi connectivity index (χ3v) is 6.94. The third-order valence-electron chi connectivity index (χ3n) is 6.94. The summed E-state index contributed by atoms with van der Waals surface area (Å²) in [6, 6.07) is 7.83. The molecular weight excluding hydrogens is 488 g/mol. The summed E-state index contributed by atoms with van der Waals surface area (Å²) in [5.41, 5.74) is 2.78. The number of anilines is 1. The van der Waals surface area contributed by atoms with Gasteiger partial charge >= 0.3 is 0 Å². The predicted molar refractivity (Wildman–Crippen MR) is 138 cm³/mol. The Morgan fingerprint density at radius 2 is 2.11 bits per heavy atom. The Bertz CT molecular complexity index is 1260. The van der Waals surface area contributed by atoms with Gasteiger partial charge in [-0.25, -0.2) is 15.0 Å². The van der Waals surface area contributed by atoms with Crippen LogP contribution in [0.4, 0.5) is 5.82 Å². The number of aromatic nitrogens is 3. The van der Waals surface area contributed by atoms with Crippen LogP contribution in [0.2, 0.25) is 0 Å². The first-order chi connectivity index (χ1) is 18.4. The molecule has 0 saturated carbocycles. The number of hydrogen-bond donors (Lipinski definition) is 2. The van der Waals surface area contributed by atoms with Gasteiger partial charge in [0.2, 0.25) is 5.91 Å². The number of aliphatic hydroxyl groups excluding tert-OH is 1. The van der Waals surface area contributed by atoms with Gasteiger partial charge in [-0.15, -0.1) is 0 Å². The van der Waals surface area contributed by atoms with E-state index in [0.717, 1.165) is 25.3 Å². The molecule has 11 nitrogen and oxygen atoms in total. The van der Waals surface area contributed by atoms with E-state index in [9.17, 15) is 14.7 Å². The lowest BCUT2D eigenvalue weighted by molar-refractivity contribution is -0.132. The Labute approximate surface area is 220 Å². The van der Waals surface area contributed by atoms with Crippen LogP contribution in [-0.4, -0.2) is 79.9 Å². The first-order valence-corrected chi connectivity index (χ1v) is 12.8. The van der Waals surface area contributed by atoms with E-state index in [0.29, 0.717) is 49.9 Å². The molecule has 2 N–H and O–H groups in total. The summed E-state index contributed by atoms with van der Waals surface area (Å²) >= 11 is 0. The van der Waals surface area contributed by atoms with Crippen molar-refractivity contribution >= 4 is 17.5 Å². The number of rotatable bonds is 11. The van der Waals surface area contributed by atoms with E-state index in [1.54, 1.807) is 24.1 Å². The van der Waals surface area contributed by atoms with Crippen molar-refractivity contribution in [3.05, 3.63) is 65.8 Å². The highest BCUT2D eigenvalue weighted by Gasteiger charge is 2.28. The normalized spacial score (nSPS) is 16.4. The summed E-state index contributed by atoms with van der Waals surface area (Å²) in [4.78, 5) is 40.2. The Morgan fingerprint density at radius 1 is 1.24 bits per heavy atom. The molecule has 1 atom stereocenters. The lowest BCUT2D eigenvalue weighted by Gasteiger charge is -2.39. The molecule has 2 aliphatic heterocycles. The minimum Gasteiger partial charge on any atom is -0.486 e. The zero-order chi connectivity index (χ0) is 26.5. The Kier molecular flexibility index (Phi) is 7.94. The molecule has 2 aliphatic rings. The van der Waals surface area contributed by atoms with Gasteiger partial charge in [-0.2, -0.15) is 0 Å². The quantitative estimate of drug-likeness (QED) is 0.362. The second-order valence-electron chi connectivity index (χ2n) is 9.84. The summed E-state index contributed by atoms with van der Waals surface area (Å²) in [6.07, 6.45) is 5.20. The fraction of sp³-hybridized carbons (Fsp3) is 0.444. The van der Waals surface area contributed by atoms with Gasteiger partial charge in [0, 0.05) is 52.1 Å².